The summed E-state index contributed by atoms with van der Waals surface area (Å²) in [7, 11) is 3.15. The number of likely N-dealkylation sites (tertiary alicyclic amines) is 1. The second-order valence-corrected chi connectivity index (χ2v) is 9.11. The summed E-state index contributed by atoms with van der Waals surface area (Å²) in [5.74, 6) is -0.560. The summed E-state index contributed by atoms with van der Waals surface area (Å²) < 4.78 is 20.2. The number of aryl methyl sites for hydroxylation is 1. The van der Waals surface area contributed by atoms with Gasteiger partial charge in [0.1, 0.15) is 5.82 Å². The Morgan fingerprint density at radius 1 is 1.28 bits per heavy atom. The zero-order valence-corrected chi connectivity index (χ0v) is 25.9. The van der Waals surface area contributed by atoms with E-state index in [9.17, 15) is 9.18 Å². The van der Waals surface area contributed by atoms with Gasteiger partial charge in [0.05, 0.1) is 12.7 Å². The molecule has 0 aliphatic carbocycles. The highest BCUT2D eigenvalue weighted by Gasteiger charge is 2.27. The van der Waals surface area contributed by atoms with Crippen molar-refractivity contribution in [1.82, 2.24) is 10.2 Å². The number of nitrogens with zero attached hydrogens (tertiary/aromatic N) is 1. The molecular weight excluding hydrogens is 519 g/mol. The minimum atomic E-state index is -0.490. The molecule has 0 spiro atoms. The second-order valence-electron chi connectivity index (χ2n) is 8.09. The molecule has 0 bridgehead atoms. The van der Waals surface area contributed by atoms with Crippen LogP contribution in [0.4, 0.5) is 4.39 Å². The molecule has 36 heavy (non-hydrogen) atoms. The Bertz CT molecular complexity index is 805. The van der Waals surface area contributed by atoms with E-state index >= 15 is 0 Å². The van der Waals surface area contributed by atoms with Crippen molar-refractivity contribution < 1.29 is 13.9 Å². The second kappa shape index (κ2) is 21.2. The van der Waals surface area contributed by atoms with Crippen LogP contribution in [0, 0.1) is 12.7 Å². The highest BCUT2D eigenvalue weighted by atomic mass is 79.9. The Morgan fingerprint density at radius 3 is 2.22 bits per heavy atom. The average molecular weight is 570 g/mol. The Hall–Kier alpha value is -1.92. The van der Waals surface area contributed by atoms with Crippen molar-refractivity contribution in [2.45, 2.75) is 86.6 Å². The lowest BCUT2D eigenvalue weighted by molar-refractivity contribution is 0.0600. The van der Waals surface area contributed by atoms with Gasteiger partial charge < -0.3 is 10.1 Å². The minimum absolute atomic E-state index is 0.214. The van der Waals surface area contributed by atoms with E-state index in [0.717, 1.165) is 48.0 Å². The lowest BCUT2D eigenvalue weighted by Gasteiger charge is -2.37. The molecule has 1 saturated heterocycles. The molecule has 0 saturated carbocycles. The quantitative estimate of drug-likeness (QED) is 0.203. The number of methoxy groups -OCH3 is 1. The van der Waals surface area contributed by atoms with Crippen LogP contribution in [0.5, 0.6) is 0 Å². The Kier molecular flexibility index (Phi) is 21.3. The molecule has 4 nitrogen and oxygen atoms in total. The van der Waals surface area contributed by atoms with E-state index in [-0.39, 0.29) is 17.3 Å². The van der Waals surface area contributed by atoms with Crippen LogP contribution in [0.15, 0.2) is 47.1 Å². The van der Waals surface area contributed by atoms with Crippen LogP contribution < -0.4 is 5.32 Å². The number of carbonyl (C=O) groups is 1. The number of hydrogen-bond donors (Lipinski definition) is 1. The van der Waals surface area contributed by atoms with Crippen molar-refractivity contribution in [1.29, 1.82) is 0 Å². The van der Waals surface area contributed by atoms with Crippen LogP contribution in [0.2, 0.25) is 0 Å². The number of ether oxygens (including phenoxy) is 1. The van der Waals surface area contributed by atoms with E-state index in [0.29, 0.717) is 6.04 Å². The number of allylic oxidation sites excluding steroid dienone is 3. The first-order valence-corrected chi connectivity index (χ1v) is 13.9. The Morgan fingerprint density at radius 2 is 1.83 bits per heavy atom. The number of hydrogen-bond acceptors (Lipinski definition) is 4. The lowest BCUT2D eigenvalue weighted by Crippen LogP contribution is -2.40. The zero-order chi connectivity index (χ0) is 28.3. The van der Waals surface area contributed by atoms with Gasteiger partial charge in [-0.05, 0) is 94.6 Å². The summed E-state index contributed by atoms with van der Waals surface area (Å²) in [6, 6.07) is 3.50. The molecule has 1 aromatic rings. The minimum Gasteiger partial charge on any atom is -0.465 e. The number of nitrogens with one attached hydrogen (secondary N) is 1. The van der Waals surface area contributed by atoms with E-state index in [2.05, 4.69) is 59.6 Å². The Labute approximate surface area is 229 Å². The molecule has 1 unspecified atom stereocenters. The third-order valence-corrected chi connectivity index (χ3v) is 6.12. The fourth-order valence-corrected chi connectivity index (χ4v) is 4.17. The summed E-state index contributed by atoms with van der Waals surface area (Å²) in [5.41, 5.74) is 3.30. The van der Waals surface area contributed by atoms with Gasteiger partial charge in [-0.25, -0.2) is 9.18 Å². The summed E-state index contributed by atoms with van der Waals surface area (Å²) in [5, 5.41) is 2.83. The van der Waals surface area contributed by atoms with Crippen molar-refractivity contribution in [3.63, 3.8) is 0 Å². The SMILES string of the molecule is C=C(Br)/C=C\NC.CC.CC.CC/C=C(\C)C(C)N1CCC(c2c(C)cc(C(=O)OC)cc2F)CC1. The van der Waals surface area contributed by atoms with E-state index in [1.807, 2.05) is 47.7 Å². The number of piperidine rings is 1. The van der Waals surface area contributed by atoms with Gasteiger partial charge in [0, 0.05) is 17.6 Å². The molecule has 0 radical (unpaired) electrons. The summed E-state index contributed by atoms with van der Waals surface area (Å²) in [6.45, 7) is 22.0. The predicted molar refractivity (Wildman–Crippen MR) is 158 cm³/mol. The average Bonchev–Trinajstić information content (AvgIpc) is 2.89. The van der Waals surface area contributed by atoms with Crippen LogP contribution in [0.1, 0.15) is 95.1 Å². The van der Waals surface area contributed by atoms with Crippen molar-refractivity contribution >= 4 is 21.9 Å². The first kappa shape index (κ1) is 36.2. The van der Waals surface area contributed by atoms with E-state index in [1.165, 1.54) is 18.7 Å². The first-order valence-electron chi connectivity index (χ1n) is 13.1. The molecule has 6 heteroatoms. The largest absolute Gasteiger partial charge is 0.465 e. The van der Waals surface area contributed by atoms with Crippen molar-refractivity contribution in [2.75, 3.05) is 27.2 Å². The number of halogens is 2. The molecule has 1 atom stereocenters. The van der Waals surface area contributed by atoms with Gasteiger partial charge >= 0.3 is 5.97 Å². The number of rotatable bonds is 7. The third kappa shape index (κ3) is 12.9. The van der Waals surface area contributed by atoms with Crippen LogP contribution in [-0.4, -0.2) is 44.2 Å². The predicted octanol–water partition coefficient (Wildman–Crippen LogP) is 8.53. The molecule has 1 aliphatic heterocycles. The van der Waals surface area contributed by atoms with Crippen molar-refractivity contribution in [3.05, 3.63) is 69.6 Å². The molecule has 2 rings (SSSR count). The van der Waals surface area contributed by atoms with E-state index in [1.54, 1.807) is 12.3 Å². The first-order chi connectivity index (χ1) is 17.2. The van der Waals surface area contributed by atoms with Crippen LogP contribution >= 0.6 is 15.9 Å². The highest BCUT2D eigenvalue weighted by molar-refractivity contribution is 9.11. The maximum absolute atomic E-state index is 14.6. The van der Waals surface area contributed by atoms with Crippen LogP contribution in [0.25, 0.3) is 0 Å². The zero-order valence-electron chi connectivity index (χ0n) is 24.3. The summed E-state index contributed by atoms with van der Waals surface area (Å²) in [6.07, 6.45) is 8.87. The normalized spacial score (nSPS) is 14.8. The molecule has 0 aromatic heterocycles. The van der Waals surface area contributed by atoms with Gasteiger partial charge in [-0.3, -0.25) is 4.90 Å². The highest BCUT2D eigenvalue weighted by Crippen LogP contribution is 2.34. The van der Waals surface area contributed by atoms with Crippen molar-refractivity contribution in [2.24, 2.45) is 0 Å². The van der Waals surface area contributed by atoms with E-state index < -0.39 is 5.97 Å². The maximum Gasteiger partial charge on any atom is 0.337 e. The molecule has 1 fully saturated rings. The van der Waals surface area contributed by atoms with Gasteiger partial charge in [0.2, 0.25) is 0 Å². The van der Waals surface area contributed by atoms with Gasteiger partial charge in [-0.1, -0.05) is 68.8 Å². The fourth-order valence-electron chi connectivity index (χ4n) is 4.04. The smallest absolute Gasteiger partial charge is 0.337 e. The number of esters is 1. The molecular formula is C30H50BrFN2O2. The third-order valence-electron chi connectivity index (χ3n) is 5.86. The van der Waals surface area contributed by atoms with Gasteiger partial charge in [-0.2, -0.15) is 0 Å². The molecule has 1 aromatic carbocycles. The van der Waals surface area contributed by atoms with E-state index in [4.69, 9.17) is 4.74 Å². The molecule has 1 aliphatic rings. The van der Waals surface area contributed by atoms with Crippen LogP contribution in [-0.2, 0) is 4.74 Å². The van der Waals surface area contributed by atoms with Crippen molar-refractivity contribution in [3.8, 4) is 0 Å². The fraction of sp³-hybridized carbons (Fsp3) is 0.567. The molecule has 1 heterocycles. The van der Waals surface area contributed by atoms with Gasteiger partial charge in [-0.15, -0.1) is 0 Å². The number of carbonyl (C=O) groups excluding carboxylic acids is 1. The monoisotopic (exact) mass is 568 g/mol. The molecule has 1 N–H and O–H groups in total. The summed E-state index contributed by atoms with van der Waals surface area (Å²) >= 11 is 3.15. The summed E-state index contributed by atoms with van der Waals surface area (Å²) in [4.78, 5) is 14.1. The Balaban J connectivity index is 0. The topological polar surface area (TPSA) is 41.6 Å². The maximum atomic E-state index is 14.6. The number of benzene rings is 1. The molecule has 206 valence electrons. The lowest BCUT2D eigenvalue weighted by atomic mass is 9.85. The van der Waals surface area contributed by atoms with Gasteiger partial charge in [0.15, 0.2) is 0 Å². The molecule has 0 amide bonds. The van der Waals surface area contributed by atoms with Crippen LogP contribution in [0.3, 0.4) is 0 Å². The standard InChI is InChI=1S/C21H30FNO2.C5H8BrN.2C2H6/c1-6-7-14(2)16(4)23-10-8-17(9-11-23)20-15(3)12-18(13-19(20)22)21(24)25-5;1-5(6)3-4-7-2;2*1-2/h7,12-13,16-17H,6,8-11H2,1-5H3;3-4,7H,1H2,2H3;2*1-2H3/b14-7+;4-3-;;. The van der Waals surface area contributed by atoms with Gasteiger partial charge in [0.25, 0.3) is 0 Å².